The Kier molecular flexibility index (Phi) is 4.75. The average Bonchev–Trinajstić information content (AvgIpc) is 3.32. The van der Waals surface area contributed by atoms with Gasteiger partial charge in [0.15, 0.2) is 5.69 Å². The van der Waals surface area contributed by atoms with Gasteiger partial charge in [-0.15, -0.1) is 5.10 Å². The van der Waals surface area contributed by atoms with Crippen LogP contribution < -0.4 is 11.2 Å². The smallest absolute Gasteiger partial charge is 0.293 e. The molecule has 0 spiro atoms. The molecule has 0 bridgehead atoms. The van der Waals surface area contributed by atoms with Crippen molar-refractivity contribution in [2.24, 2.45) is 5.10 Å². The van der Waals surface area contributed by atoms with Crippen molar-refractivity contribution in [1.82, 2.24) is 35.6 Å². The van der Waals surface area contributed by atoms with Crippen molar-refractivity contribution in [3.05, 3.63) is 35.5 Å². The van der Waals surface area contributed by atoms with Gasteiger partial charge in [0.2, 0.25) is 11.6 Å². The van der Waals surface area contributed by atoms with E-state index in [2.05, 4.69) is 35.8 Å². The lowest BCUT2D eigenvalue weighted by molar-refractivity contribution is 0.0948. The van der Waals surface area contributed by atoms with Crippen LogP contribution in [-0.2, 0) is 6.54 Å². The molecule has 26 heavy (non-hydrogen) atoms. The molecule has 0 unspecified atom stereocenters. The molecule has 12 heteroatoms. The number of amides is 1. The number of furan rings is 1. The van der Waals surface area contributed by atoms with Crippen LogP contribution in [0, 0.1) is 0 Å². The lowest BCUT2D eigenvalue weighted by atomic mass is 10.3. The van der Waals surface area contributed by atoms with E-state index in [1.54, 1.807) is 19.1 Å². The summed E-state index contributed by atoms with van der Waals surface area (Å²) in [7, 11) is 3.67. The fraction of sp³-hybridized carbons (Fsp3) is 0.286. The van der Waals surface area contributed by atoms with Gasteiger partial charge in [-0.25, -0.2) is 10.1 Å². The van der Waals surface area contributed by atoms with Crippen molar-refractivity contribution in [3.8, 4) is 5.82 Å². The molecule has 0 saturated heterocycles. The number of nitrogens with two attached hydrogens (primary N) is 1. The molecule has 3 aromatic heterocycles. The van der Waals surface area contributed by atoms with Crippen LogP contribution in [0.25, 0.3) is 5.82 Å². The summed E-state index contributed by atoms with van der Waals surface area (Å²) in [5.74, 6) is 0.204. The standard InChI is InChI=1S/C14H17N9O3/c1-8(10-5-4-6-25-10)16-18-14(24)11-9(7-22(2)3)23(21-17-11)13-12(15)19-26-20-13/h4-6H,7H2,1-3H3,(H2,15,19)(H,18,24)/b16-8-. The first-order chi connectivity index (χ1) is 12.5. The number of aromatic nitrogens is 5. The van der Waals surface area contributed by atoms with E-state index in [0.29, 0.717) is 23.7 Å². The fourth-order valence-corrected chi connectivity index (χ4v) is 2.15. The molecule has 0 atom stereocenters. The number of carbonyl (C=O) groups is 1. The second-order valence-corrected chi connectivity index (χ2v) is 5.62. The highest BCUT2D eigenvalue weighted by atomic mass is 16.6. The maximum absolute atomic E-state index is 12.5. The Morgan fingerprint density at radius 2 is 2.23 bits per heavy atom. The second kappa shape index (κ2) is 7.14. The lowest BCUT2D eigenvalue weighted by Gasteiger charge is -2.11. The number of nitrogen functional groups attached to an aromatic ring is 1. The molecule has 1 amide bonds. The molecule has 136 valence electrons. The molecule has 0 aromatic carbocycles. The third-order valence-electron chi connectivity index (χ3n) is 3.34. The van der Waals surface area contributed by atoms with Gasteiger partial charge in [0, 0.05) is 6.54 Å². The van der Waals surface area contributed by atoms with Crippen molar-refractivity contribution in [3.63, 3.8) is 0 Å². The largest absolute Gasteiger partial charge is 0.463 e. The number of anilines is 1. The highest BCUT2D eigenvalue weighted by Gasteiger charge is 2.24. The van der Waals surface area contributed by atoms with Crippen molar-refractivity contribution >= 4 is 17.4 Å². The normalized spacial score (nSPS) is 11.9. The van der Waals surface area contributed by atoms with Crippen LogP contribution in [0.3, 0.4) is 0 Å². The van der Waals surface area contributed by atoms with Gasteiger partial charge in [-0.05, 0) is 43.5 Å². The zero-order chi connectivity index (χ0) is 18.7. The van der Waals surface area contributed by atoms with Crippen molar-refractivity contribution < 1.29 is 13.8 Å². The number of carbonyl (C=O) groups excluding carboxylic acids is 1. The van der Waals surface area contributed by atoms with Gasteiger partial charge >= 0.3 is 0 Å². The minimum atomic E-state index is -0.533. The van der Waals surface area contributed by atoms with Crippen molar-refractivity contribution in [2.75, 3.05) is 19.8 Å². The number of rotatable bonds is 6. The van der Waals surface area contributed by atoms with Crippen molar-refractivity contribution in [2.45, 2.75) is 13.5 Å². The maximum Gasteiger partial charge on any atom is 0.293 e. The molecule has 0 radical (unpaired) electrons. The minimum Gasteiger partial charge on any atom is -0.463 e. The van der Waals surface area contributed by atoms with Crippen LogP contribution in [-0.4, -0.2) is 55.9 Å². The lowest BCUT2D eigenvalue weighted by Crippen LogP contribution is -2.24. The minimum absolute atomic E-state index is 0.0357. The van der Waals surface area contributed by atoms with Gasteiger partial charge in [0.1, 0.15) is 11.5 Å². The summed E-state index contributed by atoms with van der Waals surface area (Å²) >= 11 is 0. The van der Waals surface area contributed by atoms with E-state index in [9.17, 15) is 4.79 Å². The molecular formula is C14H17N9O3. The summed E-state index contributed by atoms with van der Waals surface area (Å²) < 4.78 is 11.1. The Morgan fingerprint density at radius 3 is 2.85 bits per heavy atom. The van der Waals surface area contributed by atoms with Crippen LogP contribution in [0.2, 0.25) is 0 Å². The Morgan fingerprint density at radius 1 is 1.42 bits per heavy atom. The molecule has 0 aliphatic rings. The van der Waals surface area contributed by atoms with E-state index in [0.717, 1.165) is 0 Å². The molecule has 0 fully saturated rings. The van der Waals surface area contributed by atoms with Crippen LogP contribution in [0.5, 0.6) is 0 Å². The van der Waals surface area contributed by atoms with Gasteiger partial charge in [-0.1, -0.05) is 5.21 Å². The van der Waals surface area contributed by atoms with Crippen LogP contribution >= 0.6 is 0 Å². The second-order valence-electron chi connectivity index (χ2n) is 5.62. The average molecular weight is 359 g/mol. The molecule has 0 aliphatic carbocycles. The quantitative estimate of drug-likeness (QED) is 0.458. The first-order valence-electron chi connectivity index (χ1n) is 7.53. The SMILES string of the molecule is C/C(=N/NC(=O)c1nnn(-c2nonc2N)c1CN(C)C)c1ccco1. The number of hydrogen-bond acceptors (Lipinski definition) is 10. The third kappa shape index (κ3) is 3.44. The topological polar surface area (TPSA) is 153 Å². The van der Waals surface area contributed by atoms with Crippen molar-refractivity contribution in [1.29, 1.82) is 0 Å². The summed E-state index contributed by atoms with van der Waals surface area (Å²) in [6.45, 7) is 2.06. The van der Waals surface area contributed by atoms with Crippen LogP contribution in [0.15, 0.2) is 32.5 Å². The van der Waals surface area contributed by atoms with Gasteiger partial charge in [0.25, 0.3) is 5.91 Å². The monoisotopic (exact) mass is 359 g/mol. The number of hydrogen-bond donors (Lipinski definition) is 2. The Balaban J connectivity index is 1.89. The molecule has 12 nitrogen and oxygen atoms in total. The zero-order valence-electron chi connectivity index (χ0n) is 14.4. The van der Waals surface area contributed by atoms with E-state index in [1.165, 1.54) is 10.9 Å². The molecule has 0 saturated carbocycles. The summed E-state index contributed by atoms with van der Waals surface area (Å²) in [4.78, 5) is 14.4. The predicted octanol–water partition coefficient (Wildman–Crippen LogP) is 0.0411. The first-order valence-corrected chi connectivity index (χ1v) is 7.53. The van der Waals surface area contributed by atoms with Gasteiger partial charge in [-0.3, -0.25) is 4.79 Å². The summed E-state index contributed by atoms with van der Waals surface area (Å²) in [5.41, 5.74) is 9.19. The maximum atomic E-state index is 12.5. The zero-order valence-corrected chi connectivity index (χ0v) is 14.4. The molecular weight excluding hydrogens is 342 g/mol. The Bertz CT molecular complexity index is 924. The molecule has 3 heterocycles. The predicted molar refractivity (Wildman–Crippen MR) is 89.4 cm³/mol. The highest BCUT2D eigenvalue weighted by Crippen LogP contribution is 2.16. The highest BCUT2D eigenvalue weighted by molar-refractivity contribution is 5.98. The number of nitrogens with one attached hydrogen (secondary N) is 1. The van der Waals surface area contributed by atoms with Gasteiger partial charge in [-0.2, -0.15) is 9.78 Å². The van der Waals surface area contributed by atoms with Crippen LogP contribution in [0.4, 0.5) is 5.82 Å². The van der Waals surface area contributed by atoms with E-state index in [1.807, 2.05) is 19.0 Å². The molecule has 3 aromatic rings. The molecule has 0 aliphatic heterocycles. The van der Waals surface area contributed by atoms with E-state index < -0.39 is 5.91 Å². The Hall–Kier alpha value is -3.54. The first kappa shape index (κ1) is 17.3. The van der Waals surface area contributed by atoms with E-state index >= 15 is 0 Å². The van der Waals surface area contributed by atoms with Crippen LogP contribution in [0.1, 0.15) is 28.9 Å². The Labute approximate surface area is 147 Å². The summed E-state index contributed by atoms with van der Waals surface area (Å²) in [6.07, 6.45) is 1.52. The fourth-order valence-electron chi connectivity index (χ4n) is 2.15. The summed E-state index contributed by atoms with van der Waals surface area (Å²) in [6, 6.07) is 3.46. The summed E-state index contributed by atoms with van der Waals surface area (Å²) in [5, 5.41) is 19.1. The number of hydrazone groups is 1. The van der Waals surface area contributed by atoms with Gasteiger partial charge in [0.05, 0.1) is 12.0 Å². The van der Waals surface area contributed by atoms with Gasteiger partial charge < -0.3 is 15.1 Å². The van der Waals surface area contributed by atoms with E-state index in [-0.39, 0.29) is 17.3 Å². The number of nitrogens with zero attached hydrogens (tertiary/aromatic N) is 7. The molecule has 3 rings (SSSR count). The third-order valence-corrected chi connectivity index (χ3v) is 3.34. The van der Waals surface area contributed by atoms with E-state index in [4.69, 9.17) is 10.2 Å². The molecule has 3 N–H and O–H groups in total.